The van der Waals surface area contributed by atoms with E-state index in [2.05, 4.69) is 0 Å². The Morgan fingerprint density at radius 1 is 1.08 bits per heavy atom. The van der Waals surface area contributed by atoms with Gasteiger partial charge < -0.3 is 4.42 Å². The first-order valence-electron chi connectivity index (χ1n) is 3.56. The Morgan fingerprint density at radius 2 is 1.77 bits per heavy atom. The van der Waals surface area contributed by atoms with Gasteiger partial charge in [-0.25, -0.2) is 4.79 Å². The molecule has 0 aliphatic carbocycles. The van der Waals surface area contributed by atoms with Gasteiger partial charge in [0.05, 0.1) is 5.02 Å². The molecule has 13 heavy (non-hydrogen) atoms. The van der Waals surface area contributed by atoms with Gasteiger partial charge in [-0.05, 0) is 18.2 Å². The third kappa shape index (κ3) is 1.43. The van der Waals surface area contributed by atoms with Crippen LogP contribution in [0.15, 0.2) is 33.5 Å². The maximum Gasteiger partial charge on any atom is 0.336 e. The first-order valence-corrected chi connectivity index (χ1v) is 4.32. The molecule has 0 saturated carbocycles. The Hall–Kier alpha value is -0.990. The van der Waals surface area contributed by atoms with E-state index in [9.17, 15) is 4.79 Å². The van der Waals surface area contributed by atoms with Crippen molar-refractivity contribution in [2.45, 2.75) is 0 Å². The zero-order chi connectivity index (χ0) is 9.42. The normalized spacial score (nSPS) is 10.6. The summed E-state index contributed by atoms with van der Waals surface area (Å²) in [5.41, 5.74) is -0.0988. The van der Waals surface area contributed by atoms with Gasteiger partial charge in [0.25, 0.3) is 0 Å². The van der Waals surface area contributed by atoms with Crippen LogP contribution in [0.2, 0.25) is 10.0 Å². The molecule has 0 aliphatic rings. The van der Waals surface area contributed by atoms with Gasteiger partial charge in [0.15, 0.2) is 5.58 Å². The second-order valence-electron chi connectivity index (χ2n) is 2.53. The van der Waals surface area contributed by atoms with Crippen molar-refractivity contribution >= 4 is 34.2 Å². The van der Waals surface area contributed by atoms with Gasteiger partial charge in [0.1, 0.15) is 5.02 Å². The van der Waals surface area contributed by atoms with Crippen molar-refractivity contribution < 1.29 is 4.42 Å². The molecule has 1 aromatic carbocycles. The van der Waals surface area contributed by atoms with E-state index in [4.69, 9.17) is 27.6 Å². The van der Waals surface area contributed by atoms with E-state index in [1.54, 1.807) is 18.2 Å². The summed E-state index contributed by atoms with van der Waals surface area (Å²) in [6, 6.07) is 6.38. The van der Waals surface area contributed by atoms with E-state index in [1.807, 2.05) is 0 Å². The van der Waals surface area contributed by atoms with Gasteiger partial charge in [-0.3, -0.25) is 0 Å². The van der Waals surface area contributed by atoms with Crippen LogP contribution in [-0.4, -0.2) is 0 Å². The Morgan fingerprint density at radius 3 is 2.54 bits per heavy atom. The Balaban J connectivity index is 2.97. The lowest BCUT2D eigenvalue weighted by molar-refractivity contribution is 0.561. The summed E-state index contributed by atoms with van der Waals surface area (Å²) < 4.78 is 4.90. The van der Waals surface area contributed by atoms with Gasteiger partial charge in [0.2, 0.25) is 0 Å². The van der Waals surface area contributed by atoms with Gasteiger partial charge >= 0.3 is 5.63 Å². The van der Waals surface area contributed by atoms with E-state index in [0.717, 1.165) is 5.39 Å². The summed E-state index contributed by atoms with van der Waals surface area (Å²) in [6.07, 6.45) is 0. The van der Waals surface area contributed by atoms with Gasteiger partial charge in [0, 0.05) is 11.5 Å². The number of hydrogen-bond donors (Lipinski definition) is 0. The molecule has 0 fully saturated rings. The van der Waals surface area contributed by atoms with Crippen LogP contribution in [0, 0.1) is 0 Å². The smallest absolute Gasteiger partial charge is 0.336 e. The summed E-state index contributed by atoms with van der Waals surface area (Å²) in [5, 5.41) is 1.41. The Kier molecular flexibility index (Phi) is 2.02. The van der Waals surface area contributed by atoms with Gasteiger partial charge in [-0.1, -0.05) is 23.2 Å². The molecule has 1 heterocycles. The molecule has 0 atom stereocenters. The molecule has 1 aromatic heterocycles. The van der Waals surface area contributed by atoms with Crippen molar-refractivity contribution in [1.82, 2.24) is 0 Å². The molecule has 66 valence electrons. The summed E-state index contributed by atoms with van der Waals surface area (Å²) in [4.78, 5) is 10.9. The van der Waals surface area contributed by atoms with Crippen LogP contribution in [0.5, 0.6) is 0 Å². The molecule has 0 radical (unpaired) electrons. The average Bonchev–Trinajstić information content (AvgIpc) is 2.12. The maximum absolute atomic E-state index is 10.9. The fourth-order valence-corrected chi connectivity index (χ4v) is 1.43. The molecule has 2 rings (SSSR count). The summed E-state index contributed by atoms with van der Waals surface area (Å²) in [7, 11) is 0. The maximum atomic E-state index is 10.9. The van der Waals surface area contributed by atoms with Gasteiger partial charge in [-0.2, -0.15) is 0 Å². The molecule has 0 bridgehead atoms. The highest BCUT2D eigenvalue weighted by Crippen LogP contribution is 2.29. The number of fused-ring (bicyclic) bond motifs is 1. The second-order valence-corrected chi connectivity index (χ2v) is 3.32. The quantitative estimate of drug-likeness (QED) is 0.632. The standard InChI is InChI=1S/C9H4Cl2O2/c10-6-3-1-5-2-4-7(12)13-9(5)8(6)11/h1-4H. The number of halogens is 2. The molecule has 0 saturated heterocycles. The minimum Gasteiger partial charge on any atom is -0.421 e. The predicted octanol–water partition coefficient (Wildman–Crippen LogP) is 3.10. The van der Waals surface area contributed by atoms with Gasteiger partial charge in [-0.15, -0.1) is 0 Å². The molecule has 4 heteroatoms. The predicted molar refractivity (Wildman–Crippen MR) is 52.5 cm³/mol. The lowest BCUT2D eigenvalue weighted by atomic mass is 10.2. The van der Waals surface area contributed by atoms with E-state index in [0.29, 0.717) is 10.6 Å². The van der Waals surface area contributed by atoms with Crippen LogP contribution < -0.4 is 5.63 Å². The Labute approximate surface area is 83.7 Å². The van der Waals surface area contributed by atoms with Crippen LogP contribution in [0.1, 0.15) is 0 Å². The highest BCUT2D eigenvalue weighted by molar-refractivity contribution is 6.44. The van der Waals surface area contributed by atoms with E-state index in [1.165, 1.54) is 6.07 Å². The zero-order valence-corrected chi connectivity index (χ0v) is 7.89. The Bertz CT molecular complexity index is 516. The molecule has 0 aliphatic heterocycles. The van der Waals surface area contributed by atoms with Crippen LogP contribution in [-0.2, 0) is 0 Å². The van der Waals surface area contributed by atoms with Crippen LogP contribution >= 0.6 is 23.2 Å². The van der Waals surface area contributed by atoms with Crippen LogP contribution in [0.25, 0.3) is 11.0 Å². The fourth-order valence-electron chi connectivity index (χ4n) is 1.07. The monoisotopic (exact) mass is 214 g/mol. The molecule has 0 spiro atoms. The summed E-state index contributed by atoms with van der Waals surface area (Å²) in [6.45, 7) is 0. The number of rotatable bonds is 0. The van der Waals surface area contributed by atoms with Crippen molar-refractivity contribution in [2.75, 3.05) is 0 Å². The SMILES string of the molecule is O=c1ccc2ccc(Cl)c(Cl)c2o1. The van der Waals surface area contributed by atoms with E-state index >= 15 is 0 Å². The lowest BCUT2D eigenvalue weighted by Crippen LogP contribution is -1.94. The first-order chi connectivity index (χ1) is 6.18. The third-order valence-corrected chi connectivity index (χ3v) is 2.47. The zero-order valence-electron chi connectivity index (χ0n) is 6.38. The third-order valence-electron chi connectivity index (χ3n) is 1.68. The largest absolute Gasteiger partial charge is 0.421 e. The molecule has 0 unspecified atom stereocenters. The molecule has 0 amide bonds. The van der Waals surface area contributed by atoms with Crippen molar-refractivity contribution in [3.63, 3.8) is 0 Å². The molecule has 2 nitrogen and oxygen atoms in total. The van der Waals surface area contributed by atoms with Crippen molar-refractivity contribution in [1.29, 1.82) is 0 Å². The van der Waals surface area contributed by atoms with Crippen LogP contribution in [0.4, 0.5) is 0 Å². The fraction of sp³-hybridized carbons (Fsp3) is 0. The first kappa shape index (κ1) is 8.60. The highest BCUT2D eigenvalue weighted by atomic mass is 35.5. The minimum absolute atomic E-state index is 0.275. The molecular formula is C9H4Cl2O2. The highest BCUT2D eigenvalue weighted by Gasteiger charge is 2.05. The second kappa shape index (κ2) is 3.05. The number of hydrogen-bond acceptors (Lipinski definition) is 2. The summed E-state index contributed by atoms with van der Waals surface area (Å²) >= 11 is 11.6. The van der Waals surface area contributed by atoms with E-state index in [-0.39, 0.29) is 5.02 Å². The summed E-state index contributed by atoms with van der Waals surface area (Å²) in [5.74, 6) is 0. The topological polar surface area (TPSA) is 30.2 Å². The number of benzene rings is 1. The van der Waals surface area contributed by atoms with E-state index < -0.39 is 5.63 Å². The van der Waals surface area contributed by atoms with Crippen LogP contribution in [0.3, 0.4) is 0 Å². The molecule has 0 N–H and O–H groups in total. The average molecular weight is 215 g/mol. The van der Waals surface area contributed by atoms with Crippen molar-refractivity contribution in [3.05, 3.63) is 44.7 Å². The molecule has 2 aromatic rings. The molecular weight excluding hydrogens is 211 g/mol. The van der Waals surface area contributed by atoms with Crippen molar-refractivity contribution in [3.8, 4) is 0 Å². The lowest BCUT2D eigenvalue weighted by Gasteiger charge is -1.99. The minimum atomic E-state index is -0.434. The van der Waals surface area contributed by atoms with Crippen molar-refractivity contribution in [2.24, 2.45) is 0 Å².